The zero-order valence-electron chi connectivity index (χ0n) is 14.4. The lowest BCUT2D eigenvalue weighted by molar-refractivity contribution is 0.213. The molecule has 0 radical (unpaired) electrons. The van der Waals surface area contributed by atoms with Crippen LogP contribution in [0.4, 0.5) is 0 Å². The lowest BCUT2D eigenvalue weighted by atomic mass is 9.94. The molecule has 1 heteroatoms. The van der Waals surface area contributed by atoms with Crippen molar-refractivity contribution >= 4 is 0 Å². The molecule has 21 heavy (non-hydrogen) atoms. The summed E-state index contributed by atoms with van der Waals surface area (Å²) in [5, 5.41) is 10.2. The molecule has 1 rings (SSSR count). The maximum Gasteiger partial charge on any atom is 0.0781 e. The summed E-state index contributed by atoms with van der Waals surface area (Å²) in [6, 6.07) is 0. The van der Waals surface area contributed by atoms with Crippen LogP contribution in [0, 0.1) is 5.92 Å². The van der Waals surface area contributed by atoms with Gasteiger partial charge in [0.2, 0.25) is 0 Å². The fraction of sp³-hybridized carbons (Fsp3) is 0.600. The van der Waals surface area contributed by atoms with Crippen LogP contribution in [0.15, 0.2) is 46.6 Å². The van der Waals surface area contributed by atoms with Crippen LogP contribution >= 0.6 is 0 Å². The minimum atomic E-state index is -0.327. The van der Waals surface area contributed by atoms with Gasteiger partial charge in [0.25, 0.3) is 0 Å². The van der Waals surface area contributed by atoms with Gasteiger partial charge in [0.1, 0.15) is 0 Å². The van der Waals surface area contributed by atoms with Crippen molar-refractivity contribution in [1.82, 2.24) is 0 Å². The van der Waals surface area contributed by atoms with Gasteiger partial charge in [-0.05, 0) is 64.4 Å². The zero-order valence-corrected chi connectivity index (χ0v) is 14.4. The molecule has 0 aromatic carbocycles. The molecule has 0 spiro atoms. The van der Waals surface area contributed by atoms with Crippen LogP contribution in [0.2, 0.25) is 0 Å². The van der Waals surface area contributed by atoms with Crippen LogP contribution in [0.1, 0.15) is 66.7 Å². The number of aliphatic hydroxyl groups excluding tert-OH is 1. The first kappa shape index (κ1) is 18.0. The van der Waals surface area contributed by atoms with E-state index >= 15 is 0 Å². The van der Waals surface area contributed by atoms with Gasteiger partial charge in [-0.15, -0.1) is 0 Å². The molecule has 1 N–H and O–H groups in total. The molecule has 1 aliphatic carbocycles. The van der Waals surface area contributed by atoms with Crippen LogP contribution in [0.3, 0.4) is 0 Å². The van der Waals surface area contributed by atoms with Crippen LogP contribution in [0.5, 0.6) is 0 Å². The highest BCUT2D eigenvalue weighted by Crippen LogP contribution is 2.21. The summed E-state index contributed by atoms with van der Waals surface area (Å²) in [5.41, 5.74) is 5.41. The van der Waals surface area contributed by atoms with Crippen LogP contribution < -0.4 is 0 Å². The Morgan fingerprint density at radius 1 is 0.952 bits per heavy atom. The van der Waals surface area contributed by atoms with Gasteiger partial charge in [0, 0.05) is 0 Å². The largest absolute Gasteiger partial charge is 0.388 e. The highest BCUT2D eigenvalue weighted by atomic mass is 16.3. The van der Waals surface area contributed by atoms with E-state index in [0.29, 0.717) is 5.92 Å². The van der Waals surface area contributed by atoms with E-state index in [0.717, 1.165) is 37.7 Å². The molecule has 1 nitrogen and oxygen atoms in total. The van der Waals surface area contributed by atoms with Crippen LogP contribution in [0.25, 0.3) is 0 Å². The quantitative estimate of drug-likeness (QED) is 0.611. The van der Waals surface area contributed by atoms with E-state index < -0.39 is 0 Å². The Bertz CT molecular complexity index is 446. The Morgan fingerprint density at radius 3 is 2.33 bits per heavy atom. The molecular weight excluding hydrogens is 256 g/mol. The highest BCUT2D eigenvalue weighted by Gasteiger charge is 2.07. The molecule has 0 bridgehead atoms. The molecule has 0 aromatic rings. The van der Waals surface area contributed by atoms with E-state index in [-0.39, 0.29) is 6.10 Å². The van der Waals surface area contributed by atoms with Gasteiger partial charge < -0.3 is 5.11 Å². The lowest BCUT2D eigenvalue weighted by Crippen LogP contribution is -2.07. The Balaban J connectivity index is 2.95. The van der Waals surface area contributed by atoms with E-state index in [2.05, 4.69) is 52.0 Å². The van der Waals surface area contributed by atoms with Crippen molar-refractivity contribution in [2.45, 2.75) is 72.8 Å². The second-order valence-corrected chi connectivity index (χ2v) is 6.70. The first-order chi connectivity index (χ1) is 9.90. The first-order valence-electron chi connectivity index (χ1n) is 8.26. The smallest absolute Gasteiger partial charge is 0.0781 e. The summed E-state index contributed by atoms with van der Waals surface area (Å²) >= 11 is 0. The standard InChI is InChI=1S/C20H32O/c1-15(2)19-12-9-16(3)7-6-8-18(5)20(21)14-11-17(4)10-13-19/h8-9,11-12,15,20-21H,6-7,10,13-14H2,1-5H3. The third-order valence-corrected chi connectivity index (χ3v) is 4.35. The molecule has 0 heterocycles. The van der Waals surface area contributed by atoms with Gasteiger partial charge >= 0.3 is 0 Å². The van der Waals surface area contributed by atoms with Crippen molar-refractivity contribution < 1.29 is 5.11 Å². The molecule has 0 saturated carbocycles. The van der Waals surface area contributed by atoms with Crippen molar-refractivity contribution in [3.05, 3.63) is 46.6 Å². The third-order valence-electron chi connectivity index (χ3n) is 4.35. The maximum atomic E-state index is 10.2. The third kappa shape index (κ3) is 6.95. The zero-order chi connectivity index (χ0) is 15.8. The summed E-state index contributed by atoms with van der Waals surface area (Å²) in [7, 11) is 0. The van der Waals surface area contributed by atoms with E-state index in [4.69, 9.17) is 0 Å². The van der Waals surface area contributed by atoms with Gasteiger partial charge in [0.15, 0.2) is 0 Å². The minimum Gasteiger partial charge on any atom is -0.388 e. The molecule has 0 aromatic heterocycles. The van der Waals surface area contributed by atoms with Crippen molar-refractivity contribution in [1.29, 1.82) is 0 Å². The second-order valence-electron chi connectivity index (χ2n) is 6.70. The van der Waals surface area contributed by atoms with Crippen molar-refractivity contribution in [3.8, 4) is 0 Å². The maximum absolute atomic E-state index is 10.2. The number of allylic oxidation sites excluding steroid dienone is 6. The summed E-state index contributed by atoms with van der Waals surface area (Å²) in [4.78, 5) is 0. The average molecular weight is 288 g/mol. The van der Waals surface area contributed by atoms with Crippen LogP contribution in [-0.2, 0) is 0 Å². The fourth-order valence-electron chi connectivity index (χ4n) is 2.50. The molecular formula is C20H32O. The second kappa shape index (κ2) is 9.04. The summed E-state index contributed by atoms with van der Waals surface area (Å²) in [6.45, 7) is 11.0. The Labute approximate surface area is 131 Å². The van der Waals surface area contributed by atoms with Crippen molar-refractivity contribution in [3.63, 3.8) is 0 Å². The summed E-state index contributed by atoms with van der Waals surface area (Å²) in [6.07, 6.45) is 13.7. The summed E-state index contributed by atoms with van der Waals surface area (Å²) in [5.74, 6) is 0.600. The molecule has 0 saturated heterocycles. The normalized spacial score (nSPS) is 22.9. The van der Waals surface area contributed by atoms with E-state index in [1.807, 2.05) is 6.92 Å². The topological polar surface area (TPSA) is 20.2 Å². The predicted molar refractivity (Wildman–Crippen MR) is 93.3 cm³/mol. The molecule has 1 aliphatic rings. The molecule has 1 unspecified atom stereocenters. The number of hydrogen-bond acceptors (Lipinski definition) is 1. The van der Waals surface area contributed by atoms with Crippen LogP contribution in [-0.4, -0.2) is 11.2 Å². The molecule has 1 atom stereocenters. The Kier molecular flexibility index (Phi) is 7.74. The molecule has 118 valence electrons. The first-order valence-corrected chi connectivity index (χ1v) is 8.26. The lowest BCUT2D eigenvalue weighted by Gasteiger charge is -2.13. The minimum absolute atomic E-state index is 0.327. The van der Waals surface area contributed by atoms with E-state index in [1.165, 1.54) is 16.7 Å². The Hall–Kier alpha value is -1.08. The monoisotopic (exact) mass is 288 g/mol. The van der Waals surface area contributed by atoms with Gasteiger partial charge in [-0.2, -0.15) is 0 Å². The highest BCUT2D eigenvalue weighted by molar-refractivity contribution is 5.20. The SMILES string of the molecule is CC1=CC=C(C(C)C)CCC(C)=CCC(O)C(C)=CCC1. The number of rotatable bonds is 1. The van der Waals surface area contributed by atoms with Crippen molar-refractivity contribution in [2.24, 2.45) is 5.92 Å². The predicted octanol–water partition coefficient (Wildman–Crippen LogP) is 5.73. The number of aliphatic hydroxyl groups is 1. The Morgan fingerprint density at radius 2 is 1.67 bits per heavy atom. The van der Waals surface area contributed by atoms with E-state index in [1.54, 1.807) is 0 Å². The van der Waals surface area contributed by atoms with Gasteiger partial charge in [0.05, 0.1) is 6.10 Å². The average Bonchev–Trinajstić information content (AvgIpc) is 2.43. The summed E-state index contributed by atoms with van der Waals surface area (Å²) < 4.78 is 0. The molecule has 0 fully saturated rings. The number of hydrogen-bond donors (Lipinski definition) is 1. The van der Waals surface area contributed by atoms with Gasteiger partial charge in [-0.3, -0.25) is 0 Å². The van der Waals surface area contributed by atoms with Gasteiger partial charge in [-0.1, -0.05) is 54.9 Å². The van der Waals surface area contributed by atoms with Crippen molar-refractivity contribution in [2.75, 3.05) is 0 Å². The molecule has 0 aliphatic heterocycles. The van der Waals surface area contributed by atoms with Gasteiger partial charge in [-0.25, -0.2) is 0 Å². The van der Waals surface area contributed by atoms with E-state index in [9.17, 15) is 5.11 Å². The fourth-order valence-corrected chi connectivity index (χ4v) is 2.50. The molecule has 0 amide bonds.